The van der Waals surface area contributed by atoms with Crippen LogP contribution in [0.25, 0.3) is 0 Å². The molecule has 0 saturated heterocycles. The second-order valence-corrected chi connectivity index (χ2v) is 6.45. The van der Waals surface area contributed by atoms with E-state index in [4.69, 9.17) is 14.7 Å². The van der Waals surface area contributed by atoms with Gasteiger partial charge in [0.05, 0.1) is 35.4 Å². The van der Waals surface area contributed by atoms with Crippen molar-refractivity contribution < 1.29 is 17.9 Å². The summed E-state index contributed by atoms with van der Waals surface area (Å²) in [6.45, 7) is 4.53. The molecular weight excluding hydrogens is 328 g/mol. The van der Waals surface area contributed by atoms with Gasteiger partial charge in [0.2, 0.25) is 0 Å². The van der Waals surface area contributed by atoms with Crippen LogP contribution in [0.15, 0.2) is 47.4 Å². The zero-order valence-electron chi connectivity index (χ0n) is 13.4. The average molecular weight is 346 g/mol. The first kappa shape index (κ1) is 17.6. The molecule has 0 heterocycles. The minimum Gasteiger partial charge on any atom is -0.494 e. The van der Waals surface area contributed by atoms with Crippen LogP contribution < -0.4 is 14.2 Å². The standard InChI is InChI=1S/C17H18N2O4S/c1-3-22-14-7-10-17(23-4-2)16(11-14)19-24(20,21)15-8-5-13(12-18)6-9-15/h5-11,19H,3-4H2,1-2H3. The molecule has 0 unspecified atom stereocenters. The van der Waals surface area contributed by atoms with Crippen LogP contribution in [0, 0.1) is 11.3 Å². The summed E-state index contributed by atoms with van der Waals surface area (Å²) in [6, 6.07) is 12.6. The minimum atomic E-state index is -3.81. The van der Waals surface area contributed by atoms with Crippen LogP contribution >= 0.6 is 0 Å². The van der Waals surface area contributed by atoms with Crippen LogP contribution in [0.5, 0.6) is 11.5 Å². The molecule has 0 saturated carbocycles. The van der Waals surface area contributed by atoms with Crippen LogP contribution in [-0.4, -0.2) is 21.6 Å². The Kier molecular flexibility index (Phi) is 5.66. The molecule has 1 N–H and O–H groups in total. The lowest BCUT2D eigenvalue weighted by Gasteiger charge is -2.14. The van der Waals surface area contributed by atoms with Crippen molar-refractivity contribution in [2.75, 3.05) is 17.9 Å². The molecule has 0 aliphatic rings. The molecule has 2 aromatic rings. The van der Waals surface area contributed by atoms with Gasteiger partial charge in [0, 0.05) is 6.07 Å². The van der Waals surface area contributed by atoms with E-state index in [2.05, 4.69) is 4.72 Å². The van der Waals surface area contributed by atoms with Gasteiger partial charge in [-0.2, -0.15) is 5.26 Å². The maximum atomic E-state index is 12.5. The molecule has 0 aliphatic carbocycles. The number of benzene rings is 2. The highest BCUT2D eigenvalue weighted by Gasteiger charge is 2.17. The largest absolute Gasteiger partial charge is 0.494 e. The Balaban J connectivity index is 2.36. The van der Waals surface area contributed by atoms with Crippen molar-refractivity contribution in [3.8, 4) is 17.6 Å². The molecule has 0 bridgehead atoms. The number of ether oxygens (including phenoxy) is 2. The Morgan fingerprint density at radius 2 is 1.71 bits per heavy atom. The highest BCUT2D eigenvalue weighted by Crippen LogP contribution is 2.31. The molecule has 0 amide bonds. The lowest BCUT2D eigenvalue weighted by molar-refractivity contribution is 0.332. The minimum absolute atomic E-state index is 0.0609. The number of nitrogens with zero attached hydrogens (tertiary/aromatic N) is 1. The number of nitriles is 1. The molecule has 0 radical (unpaired) electrons. The zero-order valence-corrected chi connectivity index (χ0v) is 14.3. The predicted octanol–water partition coefficient (Wildman–Crippen LogP) is 3.16. The molecule has 0 aromatic heterocycles. The van der Waals surface area contributed by atoms with Gasteiger partial charge in [-0.1, -0.05) is 0 Å². The molecule has 7 heteroatoms. The number of hydrogen-bond donors (Lipinski definition) is 1. The summed E-state index contributed by atoms with van der Waals surface area (Å²) in [5.41, 5.74) is 0.689. The van der Waals surface area contributed by atoms with Gasteiger partial charge in [0.25, 0.3) is 10.0 Å². The van der Waals surface area contributed by atoms with Crippen molar-refractivity contribution in [1.82, 2.24) is 0 Å². The highest BCUT2D eigenvalue weighted by molar-refractivity contribution is 7.92. The summed E-state index contributed by atoms with van der Waals surface area (Å²) in [7, 11) is -3.81. The molecule has 0 aliphatic heterocycles. The first-order valence-corrected chi connectivity index (χ1v) is 8.91. The van der Waals surface area contributed by atoms with Gasteiger partial charge in [-0.05, 0) is 50.2 Å². The van der Waals surface area contributed by atoms with Crippen molar-refractivity contribution in [3.05, 3.63) is 48.0 Å². The van der Waals surface area contributed by atoms with Gasteiger partial charge in [0.1, 0.15) is 11.5 Å². The number of sulfonamides is 1. The Hall–Kier alpha value is -2.72. The summed E-state index contributed by atoms with van der Waals surface area (Å²) >= 11 is 0. The molecule has 24 heavy (non-hydrogen) atoms. The summed E-state index contributed by atoms with van der Waals surface area (Å²) in [4.78, 5) is 0.0609. The Morgan fingerprint density at radius 1 is 1.04 bits per heavy atom. The van der Waals surface area contributed by atoms with Crippen LogP contribution in [0.1, 0.15) is 19.4 Å². The van der Waals surface area contributed by atoms with Gasteiger partial charge in [-0.3, -0.25) is 4.72 Å². The van der Waals surface area contributed by atoms with Gasteiger partial charge < -0.3 is 9.47 Å². The lowest BCUT2D eigenvalue weighted by atomic mass is 10.2. The molecule has 126 valence electrons. The van der Waals surface area contributed by atoms with Gasteiger partial charge in [-0.15, -0.1) is 0 Å². The summed E-state index contributed by atoms with van der Waals surface area (Å²) in [5.74, 6) is 0.955. The fourth-order valence-electron chi connectivity index (χ4n) is 2.04. The van der Waals surface area contributed by atoms with Crippen molar-refractivity contribution >= 4 is 15.7 Å². The van der Waals surface area contributed by atoms with Gasteiger partial charge in [0.15, 0.2) is 0 Å². The third-order valence-corrected chi connectivity index (χ3v) is 4.48. The van der Waals surface area contributed by atoms with Crippen molar-refractivity contribution in [1.29, 1.82) is 5.26 Å². The number of hydrogen-bond acceptors (Lipinski definition) is 5. The van der Waals surface area contributed by atoms with Crippen LogP contribution in [0.3, 0.4) is 0 Å². The molecule has 0 fully saturated rings. The zero-order chi connectivity index (χ0) is 17.6. The maximum Gasteiger partial charge on any atom is 0.262 e. The average Bonchev–Trinajstić information content (AvgIpc) is 2.57. The monoisotopic (exact) mass is 346 g/mol. The topological polar surface area (TPSA) is 88.4 Å². The maximum absolute atomic E-state index is 12.5. The van der Waals surface area contributed by atoms with Crippen LogP contribution in [0.2, 0.25) is 0 Å². The molecular formula is C17H18N2O4S. The fourth-order valence-corrected chi connectivity index (χ4v) is 3.10. The predicted molar refractivity (Wildman–Crippen MR) is 90.7 cm³/mol. The van der Waals surface area contributed by atoms with E-state index in [0.29, 0.717) is 36.0 Å². The summed E-state index contributed by atoms with van der Waals surface area (Å²) in [6.07, 6.45) is 0. The van der Waals surface area contributed by atoms with E-state index in [9.17, 15) is 8.42 Å². The first-order chi connectivity index (χ1) is 11.5. The fraction of sp³-hybridized carbons (Fsp3) is 0.235. The quantitative estimate of drug-likeness (QED) is 0.832. The summed E-state index contributed by atoms with van der Waals surface area (Å²) < 4.78 is 38.4. The molecule has 2 rings (SSSR count). The Bertz CT molecular complexity index is 840. The van der Waals surface area contributed by atoms with E-state index in [0.717, 1.165) is 0 Å². The molecule has 0 spiro atoms. The third kappa shape index (κ3) is 4.18. The molecule has 0 atom stereocenters. The smallest absolute Gasteiger partial charge is 0.262 e. The van der Waals surface area contributed by atoms with E-state index in [1.54, 1.807) is 18.2 Å². The highest BCUT2D eigenvalue weighted by atomic mass is 32.2. The second-order valence-electron chi connectivity index (χ2n) is 4.77. The van der Waals surface area contributed by atoms with Crippen LogP contribution in [0.4, 0.5) is 5.69 Å². The summed E-state index contributed by atoms with van der Waals surface area (Å²) in [5, 5.41) is 8.80. The number of rotatable bonds is 7. The normalized spacial score (nSPS) is 10.7. The first-order valence-electron chi connectivity index (χ1n) is 7.42. The van der Waals surface area contributed by atoms with Crippen molar-refractivity contribution in [3.63, 3.8) is 0 Å². The molecule has 6 nitrogen and oxygen atoms in total. The Morgan fingerprint density at radius 3 is 2.29 bits per heavy atom. The van der Waals surface area contributed by atoms with E-state index >= 15 is 0 Å². The SMILES string of the molecule is CCOc1ccc(OCC)c(NS(=O)(=O)c2ccc(C#N)cc2)c1. The van der Waals surface area contributed by atoms with Gasteiger partial charge in [-0.25, -0.2) is 8.42 Å². The molecule has 2 aromatic carbocycles. The van der Waals surface area contributed by atoms with Crippen molar-refractivity contribution in [2.24, 2.45) is 0 Å². The third-order valence-electron chi connectivity index (χ3n) is 3.10. The van der Waals surface area contributed by atoms with Crippen LogP contribution in [-0.2, 0) is 10.0 Å². The number of anilines is 1. The second kappa shape index (κ2) is 7.70. The van der Waals surface area contributed by atoms with E-state index in [1.807, 2.05) is 19.9 Å². The number of nitrogens with one attached hydrogen (secondary N) is 1. The van der Waals surface area contributed by atoms with E-state index in [1.165, 1.54) is 24.3 Å². The van der Waals surface area contributed by atoms with E-state index in [-0.39, 0.29) is 4.90 Å². The Labute approximate surface area is 141 Å². The van der Waals surface area contributed by atoms with Gasteiger partial charge >= 0.3 is 0 Å². The van der Waals surface area contributed by atoms with Crippen molar-refractivity contribution in [2.45, 2.75) is 18.7 Å². The lowest BCUT2D eigenvalue weighted by Crippen LogP contribution is -2.14. The van der Waals surface area contributed by atoms with E-state index < -0.39 is 10.0 Å².